The van der Waals surface area contributed by atoms with E-state index in [0.717, 1.165) is 66.2 Å². The number of fused-ring (bicyclic) bond motifs is 1. The second kappa shape index (κ2) is 15.5. The number of H-pyrrole nitrogens is 2. The molecule has 38 heavy (non-hydrogen) atoms. The normalized spacial score (nSPS) is 13.7. The van der Waals surface area contributed by atoms with Crippen LogP contribution in [0.5, 0.6) is 0 Å². The summed E-state index contributed by atoms with van der Waals surface area (Å²) in [5.41, 5.74) is 9.06. The highest BCUT2D eigenvalue weighted by Gasteiger charge is 2.16. The van der Waals surface area contributed by atoms with Crippen molar-refractivity contribution in [2.75, 3.05) is 11.1 Å². The number of anilines is 1. The van der Waals surface area contributed by atoms with Gasteiger partial charge in [-0.2, -0.15) is 0 Å². The fraction of sp³-hybridized carbons (Fsp3) is 0.424. The Bertz CT molecular complexity index is 1230. The fourth-order valence-electron chi connectivity index (χ4n) is 4.33. The number of thioether (sulfide) groups is 1. The Kier molecular flexibility index (Phi) is 12.1. The summed E-state index contributed by atoms with van der Waals surface area (Å²) in [4.78, 5) is 11.8. The monoisotopic (exact) mass is 530 g/mol. The molecule has 0 radical (unpaired) electrons. The van der Waals surface area contributed by atoms with E-state index in [0.29, 0.717) is 0 Å². The van der Waals surface area contributed by atoms with Gasteiger partial charge >= 0.3 is 0 Å². The smallest absolute Gasteiger partial charge is 0.130 e. The summed E-state index contributed by atoms with van der Waals surface area (Å²) in [6, 6.07) is 12.5. The average molecular weight is 531 g/mol. The number of aryl methyl sites for hydroxylation is 1. The lowest BCUT2D eigenvalue weighted by Crippen LogP contribution is -2.15. The van der Waals surface area contributed by atoms with Gasteiger partial charge in [0, 0.05) is 11.4 Å². The molecule has 3 N–H and O–H groups in total. The van der Waals surface area contributed by atoms with Gasteiger partial charge in [0.1, 0.15) is 11.6 Å². The molecule has 0 aliphatic heterocycles. The zero-order valence-corrected chi connectivity index (χ0v) is 25.0. The highest BCUT2D eigenvalue weighted by molar-refractivity contribution is 8.02. The van der Waals surface area contributed by atoms with Crippen LogP contribution in [-0.2, 0) is 0 Å². The van der Waals surface area contributed by atoms with E-state index in [2.05, 4.69) is 105 Å². The number of benzene rings is 1. The number of nitrogens with one attached hydrogen (secondary N) is 3. The van der Waals surface area contributed by atoms with Crippen LogP contribution < -0.4 is 5.32 Å². The molecule has 0 saturated carbocycles. The van der Waals surface area contributed by atoms with Crippen LogP contribution in [0.4, 0.5) is 5.82 Å². The summed E-state index contributed by atoms with van der Waals surface area (Å²) >= 11 is 1.85. The highest BCUT2D eigenvalue weighted by Crippen LogP contribution is 2.25. The van der Waals surface area contributed by atoms with Crippen molar-refractivity contribution in [2.45, 2.75) is 86.1 Å². The van der Waals surface area contributed by atoms with Gasteiger partial charge in [0.05, 0.1) is 17.1 Å². The summed E-state index contributed by atoms with van der Waals surface area (Å²) in [6.07, 6.45) is 14.0. The molecule has 1 atom stereocenters. The standard InChI is InChI=1S/C33H46N4S/c1-24(2)12-9-13-25(3)14-10-15-26(4)16-11-17-27(5)22-38-23-31(35-32-21-20-28(6)34-32)33-36-29-18-7-8-19-30(29)37-33/h7-8,12,14,16,18-22,31,34-35H,9-11,13,15,17,23H2,1-6H3,(H,36,37). The van der Waals surface area contributed by atoms with E-state index in [1.54, 1.807) is 0 Å². The van der Waals surface area contributed by atoms with E-state index in [9.17, 15) is 0 Å². The summed E-state index contributed by atoms with van der Waals surface area (Å²) in [7, 11) is 0. The Morgan fingerprint density at radius 3 is 2.13 bits per heavy atom. The van der Waals surface area contributed by atoms with E-state index < -0.39 is 0 Å². The van der Waals surface area contributed by atoms with Gasteiger partial charge in [-0.25, -0.2) is 4.98 Å². The van der Waals surface area contributed by atoms with Crippen molar-refractivity contribution in [1.82, 2.24) is 15.0 Å². The number of para-hydroxylation sites is 2. The van der Waals surface area contributed by atoms with Crippen molar-refractivity contribution in [3.8, 4) is 0 Å². The molecule has 0 aliphatic carbocycles. The molecule has 204 valence electrons. The molecule has 0 amide bonds. The summed E-state index contributed by atoms with van der Waals surface area (Å²) < 4.78 is 0. The van der Waals surface area contributed by atoms with Gasteiger partial charge in [0.2, 0.25) is 0 Å². The van der Waals surface area contributed by atoms with Crippen LogP contribution in [0.3, 0.4) is 0 Å². The third-order valence-electron chi connectivity index (χ3n) is 6.60. The fourth-order valence-corrected chi connectivity index (χ4v) is 5.27. The number of hydrogen-bond donors (Lipinski definition) is 3. The molecule has 0 fully saturated rings. The second-order valence-electron chi connectivity index (χ2n) is 10.7. The first kappa shape index (κ1) is 29.6. The molecule has 1 unspecified atom stereocenters. The minimum Gasteiger partial charge on any atom is -0.361 e. The predicted molar refractivity (Wildman–Crippen MR) is 169 cm³/mol. The van der Waals surface area contributed by atoms with Gasteiger partial charge in [-0.05, 0) is 110 Å². The van der Waals surface area contributed by atoms with Gasteiger partial charge < -0.3 is 15.3 Å². The summed E-state index contributed by atoms with van der Waals surface area (Å²) in [5, 5.41) is 5.95. The first-order chi connectivity index (χ1) is 18.3. The van der Waals surface area contributed by atoms with Crippen molar-refractivity contribution >= 4 is 28.6 Å². The SMILES string of the molecule is CC(C)=CCCC(C)=CCCC(C)=CCCC(C)=CSCC(Nc1ccc(C)[nH]1)c1nc2ccccc2[nH]1. The molecular formula is C33H46N4S. The van der Waals surface area contributed by atoms with Gasteiger partial charge in [-0.3, -0.25) is 0 Å². The lowest BCUT2D eigenvalue weighted by Gasteiger charge is -2.16. The maximum absolute atomic E-state index is 4.86. The Labute approximate surface area is 234 Å². The molecule has 2 heterocycles. The van der Waals surface area contributed by atoms with E-state index in [-0.39, 0.29) is 6.04 Å². The minimum atomic E-state index is 0.0789. The van der Waals surface area contributed by atoms with Gasteiger partial charge in [-0.1, -0.05) is 52.7 Å². The van der Waals surface area contributed by atoms with Crippen molar-refractivity contribution in [2.24, 2.45) is 0 Å². The van der Waals surface area contributed by atoms with Crippen molar-refractivity contribution in [1.29, 1.82) is 0 Å². The molecule has 2 aromatic heterocycles. The lowest BCUT2D eigenvalue weighted by molar-refractivity contribution is 0.822. The zero-order valence-electron chi connectivity index (χ0n) is 24.2. The molecule has 0 spiro atoms. The third kappa shape index (κ3) is 10.4. The highest BCUT2D eigenvalue weighted by atomic mass is 32.2. The van der Waals surface area contributed by atoms with Crippen molar-refractivity contribution in [3.63, 3.8) is 0 Å². The van der Waals surface area contributed by atoms with E-state index in [1.807, 2.05) is 23.9 Å². The molecule has 1 aromatic carbocycles. The average Bonchev–Trinajstić information content (AvgIpc) is 3.49. The lowest BCUT2D eigenvalue weighted by atomic mass is 10.0. The molecular weight excluding hydrogens is 484 g/mol. The van der Waals surface area contributed by atoms with Crippen LogP contribution in [-0.4, -0.2) is 20.7 Å². The quantitative estimate of drug-likeness (QED) is 0.171. The largest absolute Gasteiger partial charge is 0.361 e. The number of nitrogens with zero attached hydrogens (tertiary/aromatic N) is 1. The maximum Gasteiger partial charge on any atom is 0.130 e. The Balaban J connectivity index is 1.47. The van der Waals surface area contributed by atoms with Gasteiger partial charge in [-0.15, -0.1) is 11.8 Å². The third-order valence-corrected chi connectivity index (χ3v) is 7.70. The zero-order chi connectivity index (χ0) is 27.3. The van der Waals surface area contributed by atoms with Crippen LogP contribution in [0.15, 0.2) is 82.3 Å². The van der Waals surface area contributed by atoms with E-state index >= 15 is 0 Å². The predicted octanol–water partition coefficient (Wildman–Crippen LogP) is 10.2. The minimum absolute atomic E-state index is 0.0789. The number of rotatable bonds is 15. The molecule has 4 nitrogen and oxygen atoms in total. The first-order valence-electron chi connectivity index (χ1n) is 13.9. The summed E-state index contributed by atoms with van der Waals surface area (Å²) in [5.74, 6) is 2.88. The van der Waals surface area contributed by atoms with Gasteiger partial charge in [0.15, 0.2) is 0 Å². The topological polar surface area (TPSA) is 56.5 Å². The number of aromatic nitrogens is 3. The second-order valence-corrected chi connectivity index (χ2v) is 11.6. The maximum atomic E-state index is 4.86. The van der Waals surface area contributed by atoms with Crippen LogP contribution in [0.25, 0.3) is 11.0 Å². The van der Waals surface area contributed by atoms with E-state index in [4.69, 9.17) is 4.98 Å². The Hall–Kier alpha value is -2.92. The number of imidazole rings is 1. The van der Waals surface area contributed by atoms with Crippen LogP contribution in [0, 0.1) is 6.92 Å². The first-order valence-corrected chi connectivity index (χ1v) is 14.9. The number of aromatic amines is 2. The molecule has 3 rings (SSSR count). The molecule has 0 saturated heterocycles. The number of hydrogen-bond acceptors (Lipinski definition) is 3. The number of allylic oxidation sites excluding steroid dienone is 7. The van der Waals surface area contributed by atoms with Gasteiger partial charge in [0.25, 0.3) is 0 Å². The molecule has 0 aliphatic rings. The summed E-state index contributed by atoms with van der Waals surface area (Å²) in [6.45, 7) is 13.2. The Morgan fingerprint density at radius 1 is 0.842 bits per heavy atom. The van der Waals surface area contributed by atoms with Crippen LogP contribution in [0.1, 0.15) is 90.7 Å². The van der Waals surface area contributed by atoms with Crippen molar-refractivity contribution in [3.05, 3.63) is 93.8 Å². The Morgan fingerprint density at radius 2 is 1.50 bits per heavy atom. The van der Waals surface area contributed by atoms with Crippen molar-refractivity contribution < 1.29 is 0 Å². The van der Waals surface area contributed by atoms with Crippen LogP contribution in [0.2, 0.25) is 0 Å². The molecule has 3 aromatic rings. The molecule has 5 heteroatoms. The van der Waals surface area contributed by atoms with Crippen LogP contribution >= 0.6 is 11.8 Å². The molecule has 0 bridgehead atoms. The van der Waals surface area contributed by atoms with E-state index in [1.165, 1.54) is 28.7 Å².